The summed E-state index contributed by atoms with van der Waals surface area (Å²) in [6, 6.07) is 3.46. The SMILES string of the molecule is CN(C)c1ccc(C(=O)NC2(CC(=O)O)CCC2)cn1. The molecule has 0 spiro atoms. The van der Waals surface area contributed by atoms with Crippen LogP contribution in [0.25, 0.3) is 0 Å². The summed E-state index contributed by atoms with van der Waals surface area (Å²) in [6.07, 6.45) is 3.87. The first-order valence-corrected chi connectivity index (χ1v) is 6.60. The third-order valence-corrected chi connectivity index (χ3v) is 3.65. The molecule has 0 unspecified atom stereocenters. The zero-order valence-corrected chi connectivity index (χ0v) is 11.7. The second-order valence-corrected chi connectivity index (χ2v) is 5.46. The van der Waals surface area contributed by atoms with Crippen molar-refractivity contribution in [2.75, 3.05) is 19.0 Å². The first-order chi connectivity index (χ1) is 9.42. The standard InChI is InChI=1S/C14H19N3O3/c1-17(2)11-5-4-10(9-15-11)13(20)16-14(6-3-7-14)8-12(18)19/h4-5,9H,3,6-8H2,1-2H3,(H,16,20)(H,18,19). The van der Waals surface area contributed by atoms with E-state index < -0.39 is 11.5 Å². The van der Waals surface area contributed by atoms with Gasteiger partial charge in [-0.05, 0) is 31.4 Å². The van der Waals surface area contributed by atoms with Gasteiger partial charge < -0.3 is 15.3 Å². The third-order valence-electron chi connectivity index (χ3n) is 3.65. The van der Waals surface area contributed by atoms with Crippen molar-refractivity contribution in [3.8, 4) is 0 Å². The van der Waals surface area contributed by atoms with Crippen molar-refractivity contribution in [1.82, 2.24) is 10.3 Å². The summed E-state index contributed by atoms with van der Waals surface area (Å²) < 4.78 is 0. The van der Waals surface area contributed by atoms with Crippen LogP contribution in [0.4, 0.5) is 5.82 Å². The lowest BCUT2D eigenvalue weighted by Crippen LogP contribution is -2.54. The van der Waals surface area contributed by atoms with Gasteiger partial charge >= 0.3 is 5.97 Å². The molecule has 1 heterocycles. The molecule has 6 heteroatoms. The summed E-state index contributed by atoms with van der Waals surface area (Å²) in [5, 5.41) is 11.8. The Kier molecular flexibility index (Phi) is 3.92. The first-order valence-electron chi connectivity index (χ1n) is 6.60. The first kappa shape index (κ1) is 14.3. The van der Waals surface area contributed by atoms with E-state index in [9.17, 15) is 9.59 Å². The van der Waals surface area contributed by atoms with E-state index in [1.165, 1.54) is 6.20 Å². The number of pyridine rings is 1. The fraction of sp³-hybridized carbons (Fsp3) is 0.500. The average molecular weight is 277 g/mol. The number of hydrogen-bond donors (Lipinski definition) is 2. The second kappa shape index (κ2) is 5.48. The lowest BCUT2D eigenvalue weighted by atomic mass is 9.74. The molecule has 0 atom stereocenters. The smallest absolute Gasteiger partial charge is 0.305 e. The largest absolute Gasteiger partial charge is 0.481 e. The number of carboxylic acids is 1. The molecule has 0 aromatic carbocycles. The summed E-state index contributed by atoms with van der Waals surface area (Å²) >= 11 is 0. The molecule has 1 aromatic rings. The summed E-state index contributed by atoms with van der Waals surface area (Å²) in [4.78, 5) is 29.1. The van der Waals surface area contributed by atoms with Gasteiger partial charge in [-0.2, -0.15) is 0 Å². The molecule has 0 bridgehead atoms. The van der Waals surface area contributed by atoms with Crippen LogP contribution in [-0.4, -0.2) is 41.6 Å². The van der Waals surface area contributed by atoms with Crippen molar-refractivity contribution in [3.05, 3.63) is 23.9 Å². The summed E-state index contributed by atoms with van der Waals surface area (Å²) in [7, 11) is 3.75. The molecule has 2 rings (SSSR count). The Bertz CT molecular complexity index is 507. The van der Waals surface area contributed by atoms with Crippen LogP contribution >= 0.6 is 0 Å². The molecule has 1 amide bonds. The molecule has 0 aliphatic heterocycles. The molecule has 20 heavy (non-hydrogen) atoms. The van der Waals surface area contributed by atoms with Gasteiger partial charge in [0.15, 0.2) is 0 Å². The molecule has 0 radical (unpaired) electrons. The number of nitrogens with one attached hydrogen (secondary N) is 1. The Labute approximate surface area is 117 Å². The monoisotopic (exact) mass is 277 g/mol. The lowest BCUT2D eigenvalue weighted by molar-refractivity contribution is -0.139. The van der Waals surface area contributed by atoms with Crippen LogP contribution < -0.4 is 10.2 Å². The Morgan fingerprint density at radius 3 is 2.50 bits per heavy atom. The zero-order chi connectivity index (χ0) is 14.8. The fourth-order valence-electron chi connectivity index (χ4n) is 2.34. The van der Waals surface area contributed by atoms with E-state index in [0.29, 0.717) is 18.4 Å². The van der Waals surface area contributed by atoms with Gasteiger partial charge in [0.25, 0.3) is 5.91 Å². The van der Waals surface area contributed by atoms with Crippen LogP contribution in [0.1, 0.15) is 36.0 Å². The van der Waals surface area contributed by atoms with E-state index in [4.69, 9.17) is 5.11 Å². The van der Waals surface area contributed by atoms with E-state index in [1.807, 2.05) is 19.0 Å². The number of rotatable bonds is 5. The molecule has 1 aliphatic carbocycles. The highest BCUT2D eigenvalue weighted by atomic mass is 16.4. The summed E-state index contributed by atoms with van der Waals surface area (Å²) in [5.41, 5.74) is -0.129. The number of hydrogen-bond acceptors (Lipinski definition) is 4. The molecular formula is C14H19N3O3. The highest BCUT2D eigenvalue weighted by molar-refractivity contribution is 5.95. The van der Waals surface area contributed by atoms with Gasteiger partial charge in [0, 0.05) is 20.3 Å². The average Bonchev–Trinajstić information content (AvgIpc) is 2.35. The molecule has 0 saturated heterocycles. The maximum absolute atomic E-state index is 12.2. The van der Waals surface area contributed by atoms with Gasteiger partial charge in [-0.1, -0.05) is 0 Å². The Morgan fingerprint density at radius 2 is 2.10 bits per heavy atom. The Morgan fingerprint density at radius 1 is 1.40 bits per heavy atom. The predicted octanol–water partition coefficient (Wildman–Crippen LogP) is 1.27. The van der Waals surface area contributed by atoms with Crippen LogP contribution in [0.5, 0.6) is 0 Å². The Balaban J connectivity index is 2.05. The summed E-state index contributed by atoms with van der Waals surface area (Å²) in [6.45, 7) is 0. The molecule has 2 N–H and O–H groups in total. The van der Waals surface area contributed by atoms with E-state index in [-0.39, 0.29) is 12.3 Å². The minimum absolute atomic E-state index is 0.0258. The Hall–Kier alpha value is -2.11. The number of nitrogens with zero attached hydrogens (tertiary/aromatic N) is 2. The quantitative estimate of drug-likeness (QED) is 0.847. The van der Waals surface area contributed by atoms with Gasteiger partial charge in [-0.25, -0.2) is 4.98 Å². The summed E-state index contributed by atoms with van der Waals surface area (Å²) in [5.74, 6) is -0.375. The predicted molar refractivity (Wildman–Crippen MR) is 74.9 cm³/mol. The van der Waals surface area contributed by atoms with Crippen molar-refractivity contribution in [2.24, 2.45) is 0 Å². The lowest BCUT2D eigenvalue weighted by Gasteiger charge is -2.41. The van der Waals surface area contributed by atoms with Crippen LogP contribution in [0.3, 0.4) is 0 Å². The van der Waals surface area contributed by atoms with Crippen LogP contribution in [0.2, 0.25) is 0 Å². The number of aliphatic carboxylic acids is 1. The van der Waals surface area contributed by atoms with Gasteiger partial charge in [-0.15, -0.1) is 0 Å². The number of carbonyl (C=O) groups is 2. The number of carbonyl (C=O) groups excluding carboxylic acids is 1. The van der Waals surface area contributed by atoms with Crippen molar-refractivity contribution in [1.29, 1.82) is 0 Å². The van der Waals surface area contributed by atoms with Gasteiger partial charge in [-0.3, -0.25) is 9.59 Å². The van der Waals surface area contributed by atoms with Crippen LogP contribution in [-0.2, 0) is 4.79 Å². The van der Waals surface area contributed by atoms with Crippen LogP contribution in [0.15, 0.2) is 18.3 Å². The molecule has 1 aliphatic rings. The van der Waals surface area contributed by atoms with Crippen LogP contribution in [0, 0.1) is 0 Å². The van der Waals surface area contributed by atoms with Gasteiger partial charge in [0.05, 0.1) is 17.5 Å². The minimum Gasteiger partial charge on any atom is -0.481 e. The topological polar surface area (TPSA) is 82.5 Å². The molecule has 108 valence electrons. The maximum atomic E-state index is 12.2. The van der Waals surface area contributed by atoms with E-state index in [2.05, 4.69) is 10.3 Å². The number of amides is 1. The molecule has 6 nitrogen and oxygen atoms in total. The maximum Gasteiger partial charge on any atom is 0.305 e. The molecule has 1 fully saturated rings. The highest BCUT2D eigenvalue weighted by Crippen LogP contribution is 2.35. The number of carboxylic acid groups (broad SMARTS) is 1. The number of anilines is 1. The molecule has 1 aromatic heterocycles. The van der Waals surface area contributed by atoms with Gasteiger partial charge in [0.1, 0.15) is 5.82 Å². The third kappa shape index (κ3) is 3.07. The minimum atomic E-state index is -0.883. The number of aromatic nitrogens is 1. The van der Waals surface area contributed by atoms with E-state index in [0.717, 1.165) is 12.2 Å². The molecular weight excluding hydrogens is 258 g/mol. The zero-order valence-electron chi connectivity index (χ0n) is 11.7. The van der Waals surface area contributed by atoms with Crippen molar-refractivity contribution >= 4 is 17.7 Å². The fourth-order valence-corrected chi connectivity index (χ4v) is 2.34. The van der Waals surface area contributed by atoms with E-state index in [1.54, 1.807) is 12.1 Å². The second-order valence-electron chi connectivity index (χ2n) is 5.46. The van der Waals surface area contributed by atoms with Crippen molar-refractivity contribution < 1.29 is 14.7 Å². The van der Waals surface area contributed by atoms with E-state index >= 15 is 0 Å². The normalized spacial score (nSPS) is 16.1. The molecule has 1 saturated carbocycles. The highest BCUT2D eigenvalue weighted by Gasteiger charge is 2.40. The van der Waals surface area contributed by atoms with Gasteiger partial charge in [0.2, 0.25) is 0 Å². The van der Waals surface area contributed by atoms with Crippen molar-refractivity contribution in [3.63, 3.8) is 0 Å². The van der Waals surface area contributed by atoms with Crippen molar-refractivity contribution in [2.45, 2.75) is 31.2 Å².